The molecule has 2 fully saturated rings. The molecule has 2 unspecified atom stereocenters. The van der Waals surface area contributed by atoms with Crippen LogP contribution in [0.5, 0.6) is 0 Å². The van der Waals surface area contributed by atoms with Crippen molar-refractivity contribution in [1.82, 2.24) is 14.7 Å². The number of Topliss-reactive ketones (excluding diaryl/α,β-unsaturated/α-hetero) is 1. The number of carbonyl (C=O) groups excluding carboxylic acids is 2. The lowest BCUT2D eigenvalue weighted by Gasteiger charge is -2.38. The number of carbonyl (C=O) groups is 3. The average molecular weight is 500 g/mol. The molecule has 0 radical (unpaired) electrons. The summed E-state index contributed by atoms with van der Waals surface area (Å²) in [4.78, 5) is 38.0. The van der Waals surface area contributed by atoms with E-state index in [4.69, 9.17) is 5.11 Å². The number of aliphatic carboxylic acids is 1. The molecule has 1 N–H and O–H groups in total. The van der Waals surface area contributed by atoms with Gasteiger partial charge in [-0.25, -0.2) is 4.39 Å². The number of thioether (sulfide) groups is 1. The molecule has 35 heavy (non-hydrogen) atoms. The molecule has 1 aromatic heterocycles. The van der Waals surface area contributed by atoms with Crippen LogP contribution in [0, 0.1) is 11.7 Å². The zero-order chi connectivity index (χ0) is 24.9. The van der Waals surface area contributed by atoms with E-state index in [1.54, 1.807) is 36.0 Å². The van der Waals surface area contributed by atoms with Crippen LogP contribution in [0.1, 0.15) is 56.3 Å². The largest absolute Gasteiger partial charge is 0.481 e. The first-order valence-electron chi connectivity index (χ1n) is 12.0. The molecule has 2 aliphatic rings. The summed E-state index contributed by atoms with van der Waals surface area (Å²) in [5, 5.41) is 13.4. The van der Waals surface area contributed by atoms with Crippen LogP contribution >= 0.6 is 11.8 Å². The van der Waals surface area contributed by atoms with E-state index >= 15 is 0 Å². The standard InChI is InChI=1S/C26H30FN3O4S/c1-17(31)35-23-11-13-29(25(26(34)18-8-9-18)21-5-2-3-6-22(21)27)16-19(23)15-20-10-14-30(28-20)12-4-7-24(32)33/h2-3,5-6,10,14-15,18,23,25H,4,7-9,11-13,16H2,1H3,(H,32,33). The predicted molar refractivity (Wildman–Crippen MR) is 132 cm³/mol. The minimum absolute atomic E-state index is 0.0159. The van der Waals surface area contributed by atoms with Crippen molar-refractivity contribution in [1.29, 1.82) is 0 Å². The highest BCUT2D eigenvalue weighted by Gasteiger charge is 2.41. The maximum atomic E-state index is 14.8. The van der Waals surface area contributed by atoms with E-state index in [2.05, 4.69) is 5.10 Å². The van der Waals surface area contributed by atoms with E-state index in [0.717, 1.165) is 18.4 Å². The first-order chi connectivity index (χ1) is 16.8. The third-order valence-electron chi connectivity index (χ3n) is 6.37. The normalized spacial score (nSPS) is 20.6. The number of rotatable bonds is 10. The maximum absolute atomic E-state index is 14.8. The van der Waals surface area contributed by atoms with Gasteiger partial charge in [0.05, 0.1) is 11.7 Å². The molecule has 2 heterocycles. The number of carboxylic acid groups (broad SMARTS) is 1. The fourth-order valence-electron chi connectivity index (χ4n) is 4.56. The highest BCUT2D eigenvalue weighted by molar-refractivity contribution is 8.14. The third-order valence-corrected chi connectivity index (χ3v) is 7.53. The van der Waals surface area contributed by atoms with E-state index in [0.29, 0.717) is 43.7 Å². The second-order valence-electron chi connectivity index (χ2n) is 9.18. The van der Waals surface area contributed by atoms with E-state index in [-0.39, 0.29) is 34.3 Å². The van der Waals surface area contributed by atoms with Crippen LogP contribution in [0.4, 0.5) is 4.39 Å². The van der Waals surface area contributed by atoms with Crippen molar-refractivity contribution in [3.63, 3.8) is 0 Å². The third kappa shape index (κ3) is 6.67. The molecule has 2 atom stereocenters. The number of hydrogen-bond acceptors (Lipinski definition) is 6. The molecular formula is C26H30FN3O4S. The molecule has 2 aromatic rings. The lowest BCUT2D eigenvalue weighted by Crippen LogP contribution is -2.43. The number of piperidine rings is 1. The van der Waals surface area contributed by atoms with E-state index in [1.165, 1.54) is 17.8 Å². The van der Waals surface area contributed by atoms with Gasteiger partial charge < -0.3 is 5.11 Å². The molecular weight excluding hydrogens is 469 g/mol. The van der Waals surface area contributed by atoms with E-state index in [1.807, 2.05) is 17.0 Å². The van der Waals surface area contributed by atoms with Gasteiger partial charge in [0, 0.05) is 55.9 Å². The Hall–Kier alpha value is -2.78. The number of aromatic nitrogens is 2. The fraction of sp³-hybridized carbons (Fsp3) is 0.462. The minimum Gasteiger partial charge on any atom is -0.481 e. The van der Waals surface area contributed by atoms with E-state index < -0.39 is 12.0 Å². The summed E-state index contributed by atoms with van der Waals surface area (Å²) in [5.74, 6) is -1.17. The Bertz CT molecular complexity index is 1130. The SMILES string of the molecule is CC(=O)SC1CCN(C(C(=O)C2CC2)c2ccccc2F)CC1=Cc1ccn(CCCC(=O)O)n1. The van der Waals surface area contributed by atoms with E-state index in [9.17, 15) is 18.8 Å². The average Bonchev–Trinajstić information content (AvgIpc) is 3.57. The molecule has 0 bridgehead atoms. The van der Waals surface area contributed by atoms with Crippen LogP contribution in [-0.2, 0) is 20.9 Å². The number of aryl methyl sites for hydroxylation is 1. The van der Waals surface area contributed by atoms with Gasteiger partial charge in [-0.05, 0) is 49.5 Å². The van der Waals surface area contributed by atoms with Gasteiger partial charge >= 0.3 is 5.97 Å². The molecule has 0 amide bonds. The van der Waals surface area contributed by atoms with Crippen molar-refractivity contribution in [3.05, 3.63) is 59.2 Å². The zero-order valence-corrected chi connectivity index (χ0v) is 20.5. The Morgan fingerprint density at radius 1 is 1.23 bits per heavy atom. The molecule has 1 aliphatic carbocycles. The summed E-state index contributed by atoms with van der Waals surface area (Å²) in [5.41, 5.74) is 2.09. The van der Waals surface area contributed by atoms with Gasteiger partial charge in [0.1, 0.15) is 5.82 Å². The molecule has 1 aromatic carbocycles. The minimum atomic E-state index is -0.837. The molecule has 1 aliphatic heterocycles. The number of ketones is 1. The molecule has 9 heteroatoms. The van der Waals surface area contributed by atoms with Crippen molar-refractivity contribution in [2.45, 2.75) is 56.9 Å². The topological polar surface area (TPSA) is 92.5 Å². The van der Waals surface area contributed by atoms with Crippen molar-refractivity contribution >= 4 is 34.7 Å². The lowest BCUT2D eigenvalue weighted by atomic mass is 9.93. The molecule has 186 valence electrons. The van der Waals surface area contributed by atoms with Gasteiger partial charge in [-0.1, -0.05) is 30.0 Å². The summed E-state index contributed by atoms with van der Waals surface area (Å²) in [6.07, 6.45) is 6.68. The molecule has 1 saturated heterocycles. The van der Waals surface area contributed by atoms with Crippen molar-refractivity contribution in [2.75, 3.05) is 13.1 Å². The van der Waals surface area contributed by atoms with Crippen molar-refractivity contribution in [2.24, 2.45) is 5.92 Å². The number of benzene rings is 1. The van der Waals surface area contributed by atoms with Gasteiger partial charge in [0.25, 0.3) is 0 Å². The van der Waals surface area contributed by atoms with Crippen molar-refractivity contribution in [3.8, 4) is 0 Å². The second-order valence-corrected chi connectivity index (χ2v) is 10.6. The van der Waals surface area contributed by atoms with Gasteiger partial charge in [-0.15, -0.1) is 0 Å². The Balaban J connectivity index is 1.58. The summed E-state index contributed by atoms with van der Waals surface area (Å²) in [6, 6.07) is 7.69. The van der Waals surface area contributed by atoms with Gasteiger partial charge in [-0.3, -0.25) is 24.0 Å². The van der Waals surface area contributed by atoms with Crippen LogP contribution in [0.15, 0.2) is 42.1 Å². The Labute approximate surface area is 208 Å². The second kappa shape index (κ2) is 11.3. The van der Waals surface area contributed by atoms with Crippen LogP contribution in [0.25, 0.3) is 6.08 Å². The summed E-state index contributed by atoms with van der Waals surface area (Å²) >= 11 is 1.27. The molecule has 4 rings (SSSR count). The number of nitrogens with zero attached hydrogens (tertiary/aromatic N) is 3. The van der Waals surface area contributed by atoms with Crippen molar-refractivity contribution < 1.29 is 23.9 Å². The summed E-state index contributed by atoms with van der Waals surface area (Å²) in [7, 11) is 0. The lowest BCUT2D eigenvalue weighted by molar-refractivity contribution is -0.137. The fourth-order valence-corrected chi connectivity index (χ4v) is 5.47. The van der Waals surface area contributed by atoms with Crippen LogP contribution < -0.4 is 0 Å². The van der Waals surface area contributed by atoms with Crippen LogP contribution in [0.2, 0.25) is 0 Å². The number of likely N-dealkylation sites (tertiary alicyclic amines) is 1. The van der Waals surface area contributed by atoms with Gasteiger partial charge in [0.15, 0.2) is 10.9 Å². The Kier molecular flexibility index (Phi) is 8.18. The Morgan fingerprint density at radius 2 is 2.00 bits per heavy atom. The predicted octanol–water partition coefficient (Wildman–Crippen LogP) is 4.34. The number of carboxylic acids is 1. The first kappa shape index (κ1) is 25.3. The molecule has 7 nitrogen and oxygen atoms in total. The van der Waals surface area contributed by atoms with Gasteiger partial charge in [0.2, 0.25) is 0 Å². The van der Waals surface area contributed by atoms with Crippen LogP contribution in [-0.4, -0.2) is 55.0 Å². The number of hydrogen-bond donors (Lipinski definition) is 1. The quantitative estimate of drug-likeness (QED) is 0.520. The monoisotopic (exact) mass is 499 g/mol. The Morgan fingerprint density at radius 3 is 2.69 bits per heavy atom. The highest BCUT2D eigenvalue weighted by atomic mass is 32.2. The highest BCUT2D eigenvalue weighted by Crippen LogP contribution is 2.40. The summed E-state index contributed by atoms with van der Waals surface area (Å²) in [6.45, 7) is 3.07. The first-order valence-corrected chi connectivity index (χ1v) is 12.8. The summed E-state index contributed by atoms with van der Waals surface area (Å²) < 4.78 is 16.5. The smallest absolute Gasteiger partial charge is 0.303 e. The van der Waals surface area contributed by atoms with Gasteiger partial charge in [-0.2, -0.15) is 5.10 Å². The van der Waals surface area contributed by atoms with Crippen LogP contribution in [0.3, 0.4) is 0 Å². The zero-order valence-electron chi connectivity index (χ0n) is 19.7. The maximum Gasteiger partial charge on any atom is 0.303 e. The number of halogens is 1. The molecule has 0 spiro atoms. The molecule has 1 saturated carbocycles.